The first-order chi connectivity index (χ1) is 8.18. The molecule has 0 amide bonds. The van der Waals surface area contributed by atoms with Crippen LogP contribution in [0, 0.1) is 0 Å². The topological polar surface area (TPSA) is 83.0 Å². The molecule has 0 saturated heterocycles. The Hall–Kier alpha value is -2.17. The maximum Gasteiger partial charge on any atom is 0.352 e. The van der Waals surface area contributed by atoms with Gasteiger partial charge in [0.05, 0.1) is 11.7 Å². The number of carboxylic acid groups (broad SMARTS) is 1. The lowest BCUT2D eigenvalue weighted by Crippen LogP contribution is -2.17. The van der Waals surface area contributed by atoms with Gasteiger partial charge in [-0.2, -0.15) is 0 Å². The van der Waals surface area contributed by atoms with Gasteiger partial charge in [0.1, 0.15) is 5.69 Å². The number of hydrogen-bond donors (Lipinski definition) is 2. The first-order valence-electron chi connectivity index (χ1n) is 5.41. The summed E-state index contributed by atoms with van der Waals surface area (Å²) >= 11 is 0. The Morgan fingerprint density at radius 1 is 1.47 bits per heavy atom. The SMILES string of the molecule is O=C(O)c1[nH]c2cnccc2c(=O)c1C1CC1. The van der Waals surface area contributed by atoms with Gasteiger partial charge in [0.25, 0.3) is 0 Å². The largest absolute Gasteiger partial charge is 0.477 e. The summed E-state index contributed by atoms with van der Waals surface area (Å²) in [5.41, 5.74) is 0.717. The number of fused-ring (bicyclic) bond motifs is 1. The molecule has 0 aliphatic heterocycles. The molecule has 3 rings (SSSR count). The van der Waals surface area contributed by atoms with Crippen LogP contribution in [-0.4, -0.2) is 21.0 Å². The molecular weight excluding hydrogens is 220 g/mol. The van der Waals surface area contributed by atoms with Crippen molar-refractivity contribution in [1.82, 2.24) is 9.97 Å². The summed E-state index contributed by atoms with van der Waals surface area (Å²) in [5, 5.41) is 9.64. The van der Waals surface area contributed by atoms with Crippen molar-refractivity contribution in [3.05, 3.63) is 39.9 Å². The van der Waals surface area contributed by atoms with Crippen molar-refractivity contribution in [1.29, 1.82) is 0 Å². The van der Waals surface area contributed by atoms with Crippen LogP contribution in [0.5, 0.6) is 0 Å². The second-order valence-corrected chi connectivity index (χ2v) is 4.24. The Balaban J connectivity index is 2.42. The molecule has 1 fully saturated rings. The third-order valence-electron chi connectivity index (χ3n) is 3.04. The lowest BCUT2D eigenvalue weighted by Gasteiger charge is -2.06. The van der Waals surface area contributed by atoms with Gasteiger partial charge in [0, 0.05) is 17.1 Å². The zero-order valence-corrected chi connectivity index (χ0v) is 8.93. The summed E-state index contributed by atoms with van der Waals surface area (Å²) in [4.78, 5) is 30.1. The first kappa shape index (κ1) is 10.0. The molecule has 0 unspecified atom stereocenters. The van der Waals surface area contributed by atoms with Crippen molar-refractivity contribution in [2.75, 3.05) is 0 Å². The molecular formula is C12H10N2O3. The highest BCUT2D eigenvalue weighted by Gasteiger charge is 2.31. The Morgan fingerprint density at radius 2 is 2.24 bits per heavy atom. The highest BCUT2D eigenvalue weighted by molar-refractivity contribution is 5.91. The number of nitrogens with one attached hydrogen (secondary N) is 1. The van der Waals surface area contributed by atoms with Crippen molar-refractivity contribution in [3.63, 3.8) is 0 Å². The average Bonchev–Trinajstić information content (AvgIpc) is 3.13. The molecule has 0 radical (unpaired) electrons. The molecule has 2 N–H and O–H groups in total. The number of H-pyrrole nitrogens is 1. The van der Waals surface area contributed by atoms with Crippen LogP contribution in [0.2, 0.25) is 0 Å². The van der Waals surface area contributed by atoms with E-state index >= 15 is 0 Å². The molecule has 0 aromatic carbocycles. The molecule has 2 aromatic rings. The van der Waals surface area contributed by atoms with Crippen molar-refractivity contribution in [3.8, 4) is 0 Å². The number of nitrogens with zero attached hydrogens (tertiary/aromatic N) is 1. The summed E-state index contributed by atoms with van der Waals surface area (Å²) in [6.07, 6.45) is 4.79. The molecule has 5 heteroatoms. The molecule has 0 bridgehead atoms. The molecule has 2 aromatic heterocycles. The van der Waals surface area contributed by atoms with E-state index in [1.807, 2.05) is 0 Å². The van der Waals surface area contributed by atoms with E-state index in [1.54, 1.807) is 6.07 Å². The summed E-state index contributed by atoms with van der Waals surface area (Å²) in [5.74, 6) is -0.989. The fourth-order valence-electron chi connectivity index (χ4n) is 2.08. The minimum absolute atomic E-state index is 0.0120. The predicted octanol–water partition coefficient (Wildman–Crippen LogP) is 1.50. The summed E-state index contributed by atoms with van der Waals surface area (Å²) in [7, 11) is 0. The fourth-order valence-corrected chi connectivity index (χ4v) is 2.08. The minimum Gasteiger partial charge on any atom is -0.477 e. The van der Waals surface area contributed by atoms with Crippen LogP contribution in [0.1, 0.15) is 34.8 Å². The van der Waals surface area contributed by atoms with Crippen LogP contribution in [0.4, 0.5) is 0 Å². The van der Waals surface area contributed by atoms with Crippen LogP contribution in [-0.2, 0) is 0 Å². The third-order valence-corrected chi connectivity index (χ3v) is 3.04. The smallest absolute Gasteiger partial charge is 0.352 e. The summed E-state index contributed by atoms with van der Waals surface area (Å²) in [6, 6.07) is 1.62. The number of aromatic carboxylic acids is 1. The number of carbonyl (C=O) groups is 1. The number of aromatic amines is 1. The van der Waals surface area contributed by atoms with E-state index in [4.69, 9.17) is 5.11 Å². The van der Waals surface area contributed by atoms with Crippen molar-refractivity contribution in [2.24, 2.45) is 0 Å². The molecule has 0 atom stereocenters. The standard InChI is InChI=1S/C12H10N2O3/c15-11-7-3-4-13-5-8(7)14-10(12(16)17)9(11)6-1-2-6/h3-6H,1-2H2,(H,14,15)(H,16,17). The monoisotopic (exact) mass is 230 g/mol. The lowest BCUT2D eigenvalue weighted by molar-refractivity contribution is 0.0689. The molecule has 1 saturated carbocycles. The second-order valence-electron chi connectivity index (χ2n) is 4.24. The quantitative estimate of drug-likeness (QED) is 0.818. The van der Waals surface area contributed by atoms with Gasteiger partial charge in [-0.25, -0.2) is 4.79 Å². The van der Waals surface area contributed by atoms with Crippen molar-refractivity contribution < 1.29 is 9.90 Å². The summed E-state index contributed by atoms with van der Waals surface area (Å²) in [6.45, 7) is 0. The Morgan fingerprint density at radius 3 is 2.88 bits per heavy atom. The van der Waals surface area contributed by atoms with Crippen LogP contribution in [0.3, 0.4) is 0 Å². The van der Waals surface area contributed by atoms with E-state index in [0.717, 1.165) is 12.8 Å². The van der Waals surface area contributed by atoms with E-state index in [9.17, 15) is 9.59 Å². The normalized spacial score (nSPS) is 15.1. The number of pyridine rings is 2. The van der Waals surface area contributed by atoms with E-state index in [2.05, 4.69) is 9.97 Å². The van der Waals surface area contributed by atoms with E-state index < -0.39 is 5.97 Å². The van der Waals surface area contributed by atoms with E-state index in [0.29, 0.717) is 16.5 Å². The van der Waals surface area contributed by atoms with Gasteiger partial charge < -0.3 is 10.1 Å². The molecule has 0 spiro atoms. The van der Waals surface area contributed by atoms with Gasteiger partial charge in [-0.05, 0) is 24.8 Å². The van der Waals surface area contributed by atoms with Gasteiger partial charge in [0.2, 0.25) is 0 Å². The highest BCUT2D eigenvalue weighted by atomic mass is 16.4. The zero-order valence-electron chi connectivity index (χ0n) is 8.93. The fraction of sp³-hybridized carbons (Fsp3) is 0.250. The first-order valence-corrected chi connectivity index (χ1v) is 5.41. The van der Waals surface area contributed by atoms with E-state index in [1.165, 1.54) is 12.4 Å². The lowest BCUT2D eigenvalue weighted by atomic mass is 10.1. The minimum atomic E-state index is -1.09. The predicted molar refractivity (Wildman–Crippen MR) is 61.3 cm³/mol. The molecule has 2 heterocycles. The van der Waals surface area contributed by atoms with Crippen LogP contribution in [0.15, 0.2) is 23.3 Å². The van der Waals surface area contributed by atoms with Gasteiger partial charge in [-0.15, -0.1) is 0 Å². The molecule has 17 heavy (non-hydrogen) atoms. The van der Waals surface area contributed by atoms with Gasteiger partial charge in [-0.3, -0.25) is 9.78 Å². The van der Waals surface area contributed by atoms with Crippen LogP contribution >= 0.6 is 0 Å². The van der Waals surface area contributed by atoms with Gasteiger partial charge in [-0.1, -0.05) is 0 Å². The second kappa shape index (κ2) is 3.41. The molecule has 1 aliphatic rings. The molecule has 1 aliphatic carbocycles. The third kappa shape index (κ3) is 1.51. The van der Waals surface area contributed by atoms with Gasteiger partial charge >= 0.3 is 5.97 Å². The number of carboxylic acids is 1. The van der Waals surface area contributed by atoms with Crippen LogP contribution < -0.4 is 5.43 Å². The maximum absolute atomic E-state index is 12.2. The van der Waals surface area contributed by atoms with Crippen molar-refractivity contribution >= 4 is 16.9 Å². The summed E-state index contributed by atoms with van der Waals surface area (Å²) < 4.78 is 0. The number of rotatable bonds is 2. The number of aromatic nitrogens is 2. The van der Waals surface area contributed by atoms with Crippen molar-refractivity contribution in [2.45, 2.75) is 18.8 Å². The van der Waals surface area contributed by atoms with Crippen LogP contribution in [0.25, 0.3) is 10.9 Å². The van der Waals surface area contributed by atoms with Gasteiger partial charge in [0.15, 0.2) is 5.43 Å². The zero-order chi connectivity index (χ0) is 12.0. The number of hydrogen-bond acceptors (Lipinski definition) is 3. The Labute approximate surface area is 96.1 Å². The highest BCUT2D eigenvalue weighted by Crippen LogP contribution is 2.40. The molecule has 5 nitrogen and oxygen atoms in total. The Bertz CT molecular complexity index is 671. The maximum atomic E-state index is 12.2. The average molecular weight is 230 g/mol. The Kier molecular flexibility index (Phi) is 2.01. The van der Waals surface area contributed by atoms with E-state index in [-0.39, 0.29) is 17.0 Å². The molecule has 86 valence electrons.